The van der Waals surface area contributed by atoms with Crippen LogP contribution in [0.5, 0.6) is 0 Å². The summed E-state index contributed by atoms with van der Waals surface area (Å²) in [5.41, 5.74) is 7.41. The van der Waals surface area contributed by atoms with Gasteiger partial charge in [-0.3, -0.25) is 19.6 Å². The number of allylic oxidation sites excluding steroid dienone is 1. The van der Waals surface area contributed by atoms with Crippen molar-refractivity contribution in [2.24, 2.45) is 0 Å². The van der Waals surface area contributed by atoms with Gasteiger partial charge in [0.15, 0.2) is 5.78 Å². The minimum atomic E-state index is -0.397. The summed E-state index contributed by atoms with van der Waals surface area (Å²) in [6.07, 6.45) is 8.90. The van der Waals surface area contributed by atoms with Crippen molar-refractivity contribution in [1.29, 1.82) is 0 Å². The van der Waals surface area contributed by atoms with Gasteiger partial charge in [-0.25, -0.2) is 10.2 Å². The number of aromatic nitrogens is 2. The summed E-state index contributed by atoms with van der Waals surface area (Å²) in [6.45, 7) is 2.04. The van der Waals surface area contributed by atoms with E-state index in [0.29, 0.717) is 30.5 Å². The zero-order chi connectivity index (χ0) is 29.0. The molecule has 0 saturated heterocycles. The highest BCUT2D eigenvalue weighted by atomic mass is 16.5. The molecule has 3 N–H and O–H groups in total. The first-order valence-electron chi connectivity index (χ1n) is 13.7. The van der Waals surface area contributed by atoms with Gasteiger partial charge in [-0.2, -0.15) is 5.10 Å². The summed E-state index contributed by atoms with van der Waals surface area (Å²) in [5.74, 6) is -0.650. The third kappa shape index (κ3) is 8.58. The van der Waals surface area contributed by atoms with E-state index < -0.39 is 5.91 Å². The number of anilines is 1. The lowest BCUT2D eigenvalue weighted by Gasteiger charge is -2.06. The fourth-order valence-corrected chi connectivity index (χ4v) is 4.34. The SMILES string of the molecule is Cc1ccc(-c2nn(-c3ccccc3)cc2/C=C/C(=O)c2ccc(NC(=O)CCCCCCC(=O)NO)cc2)cc1. The summed E-state index contributed by atoms with van der Waals surface area (Å²) in [6, 6.07) is 24.8. The highest BCUT2D eigenvalue weighted by Gasteiger charge is 2.12. The normalized spacial score (nSPS) is 11.0. The molecule has 4 aromatic rings. The number of hydrogen-bond acceptors (Lipinski definition) is 5. The Morgan fingerprint density at radius 2 is 1.49 bits per heavy atom. The van der Waals surface area contributed by atoms with Crippen LogP contribution >= 0.6 is 0 Å². The topological polar surface area (TPSA) is 113 Å². The Morgan fingerprint density at radius 3 is 2.15 bits per heavy atom. The minimum Gasteiger partial charge on any atom is -0.326 e. The molecular weight excluding hydrogens is 516 g/mol. The standard InChI is InChI=1S/C33H34N4O4/c1-24-13-15-26(16-14-24)33-27(23-37(35-33)29-9-5-4-6-10-29)19-22-30(38)25-17-20-28(21-18-25)34-31(39)11-7-2-3-8-12-32(40)36-41/h4-6,9-10,13-23,41H,2-3,7-8,11-12H2,1H3,(H,34,39)(H,36,40)/b22-19+. The van der Waals surface area contributed by atoms with Gasteiger partial charge in [0, 0.05) is 41.4 Å². The second kappa shape index (κ2) is 14.5. The molecule has 0 bridgehead atoms. The second-order valence-electron chi connectivity index (χ2n) is 9.85. The van der Waals surface area contributed by atoms with Gasteiger partial charge < -0.3 is 5.32 Å². The first-order valence-corrected chi connectivity index (χ1v) is 13.7. The highest BCUT2D eigenvalue weighted by molar-refractivity contribution is 6.07. The molecule has 4 rings (SSSR count). The number of hydrogen-bond donors (Lipinski definition) is 3. The van der Waals surface area contributed by atoms with Crippen molar-refractivity contribution in [1.82, 2.24) is 15.3 Å². The first-order chi connectivity index (χ1) is 19.9. The maximum absolute atomic E-state index is 13.0. The Balaban J connectivity index is 1.36. The molecule has 41 heavy (non-hydrogen) atoms. The number of aryl methyl sites for hydroxylation is 1. The number of unbranched alkanes of at least 4 members (excludes halogenated alkanes) is 3. The zero-order valence-corrected chi connectivity index (χ0v) is 23.0. The van der Waals surface area contributed by atoms with Crippen molar-refractivity contribution in [3.8, 4) is 16.9 Å². The van der Waals surface area contributed by atoms with Crippen LogP contribution < -0.4 is 10.8 Å². The van der Waals surface area contributed by atoms with Crippen molar-refractivity contribution in [2.45, 2.75) is 45.4 Å². The summed E-state index contributed by atoms with van der Waals surface area (Å²) in [7, 11) is 0. The van der Waals surface area contributed by atoms with Gasteiger partial charge >= 0.3 is 0 Å². The molecule has 0 fully saturated rings. The number of rotatable bonds is 13. The molecule has 210 valence electrons. The number of benzene rings is 3. The molecule has 2 amide bonds. The van der Waals surface area contributed by atoms with Crippen LogP contribution in [0.4, 0.5) is 5.69 Å². The van der Waals surface area contributed by atoms with Crippen molar-refractivity contribution < 1.29 is 19.6 Å². The van der Waals surface area contributed by atoms with Gasteiger partial charge in [-0.05, 0) is 68.3 Å². The number of carbonyl (C=O) groups is 3. The van der Waals surface area contributed by atoms with Crippen molar-refractivity contribution in [2.75, 3.05) is 5.32 Å². The molecule has 8 nitrogen and oxygen atoms in total. The molecule has 0 aliphatic rings. The van der Waals surface area contributed by atoms with E-state index in [1.807, 2.05) is 72.4 Å². The number of hydroxylamine groups is 1. The molecule has 0 atom stereocenters. The number of carbonyl (C=O) groups excluding carboxylic acids is 3. The molecule has 0 aliphatic carbocycles. The maximum Gasteiger partial charge on any atom is 0.243 e. The predicted molar refractivity (Wildman–Crippen MR) is 160 cm³/mol. The van der Waals surface area contributed by atoms with Crippen LogP contribution in [-0.2, 0) is 9.59 Å². The third-order valence-corrected chi connectivity index (χ3v) is 6.64. The second-order valence-corrected chi connectivity index (χ2v) is 9.85. The van der Waals surface area contributed by atoms with Crippen LogP contribution in [0.3, 0.4) is 0 Å². The number of nitrogens with zero attached hydrogens (tertiary/aromatic N) is 2. The minimum absolute atomic E-state index is 0.101. The number of amides is 2. The largest absolute Gasteiger partial charge is 0.326 e. The average molecular weight is 551 g/mol. The summed E-state index contributed by atoms with van der Waals surface area (Å²) in [4.78, 5) is 36.2. The number of nitrogens with one attached hydrogen (secondary N) is 2. The van der Waals surface area contributed by atoms with Gasteiger partial charge in [0.2, 0.25) is 11.8 Å². The molecule has 3 aromatic carbocycles. The molecule has 0 spiro atoms. The van der Waals surface area contributed by atoms with Crippen LogP contribution in [0.25, 0.3) is 23.0 Å². The molecule has 0 saturated carbocycles. The average Bonchev–Trinajstić information content (AvgIpc) is 3.43. The lowest BCUT2D eigenvalue weighted by Crippen LogP contribution is -2.17. The number of para-hydroxylation sites is 1. The summed E-state index contributed by atoms with van der Waals surface area (Å²) >= 11 is 0. The Bertz CT molecular complexity index is 1490. The highest BCUT2D eigenvalue weighted by Crippen LogP contribution is 2.25. The smallest absolute Gasteiger partial charge is 0.243 e. The monoisotopic (exact) mass is 550 g/mol. The quantitative estimate of drug-likeness (QED) is 0.0576. The Morgan fingerprint density at radius 1 is 0.829 bits per heavy atom. The fraction of sp³-hybridized carbons (Fsp3) is 0.212. The van der Waals surface area contributed by atoms with Gasteiger partial charge in [0.25, 0.3) is 0 Å². The molecule has 0 radical (unpaired) electrons. The number of ketones is 1. The van der Waals surface area contributed by atoms with Crippen molar-refractivity contribution in [3.05, 3.63) is 108 Å². The third-order valence-electron chi connectivity index (χ3n) is 6.64. The Kier molecular flexibility index (Phi) is 10.3. The molecule has 0 aliphatic heterocycles. The van der Waals surface area contributed by atoms with Gasteiger partial charge in [-0.15, -0.1) is 0 Å². The zero-order valence-electron chi connectivity index (χ0n) is 23.0. The molecule has 1 aromatic heterocycles. The van der Waals surface area contributed by atoms with Crippen LogP contribution in [0.2, 0.25) is 0 Å². The Hall–Kier alpha value is -4.82. The Labute approximate surface area is 239 Å². The van der Waals surface area contributed by atoms with E-state index in [2.05, 4.69) is 5.32 Å². The van der Waals surface area contributed by atoms with Gasteiger partial charge in [0.05, 0.1) is 11.4 Å². The van der Waals surface area contributed by atoms with Crippen molar-refractivity contribution >= 4 is 29.4 Å². The van der Waals surface area contributed by atoms with Crippen LogP contribution in [0, 0.1) is 6.92 Å². The summed E-state index contributed by atoms with van der Waals surface area (Å²) < 4.78 is 1.81. The molecule has 1 heterocycles. The predicted octanol–water partition coefficient (Wildman–Crippen LogP) is 6.53. The van der Waals surface area contributed by atoms with E-state index in [9.17, 15) is 14.4 Å². The summed E-state index contributed by atoms with van der Waals surface area (Å²) in [5, 5.41) is 16.1. The first kappa shape index (κ1) is 29.2. The molecular formula is C33H34N4O4. The van der Waals surface area contributed by atoms with Crippen LogP contribution in [0.1, 0.15) is 60.0 Å². The lowest BCUT2D eigenvalue weighted by atomic mass is 10.0. The van der Waals surface area contributed by atoms with E-state index in [1.165, 1.54) is 0 Å². The van der Waals surface area contributed by atoms with Gasteiger partial charge in [-0.1, -0.05) is 60.9 Å². The van der Waals surface area contributed by atoms with E-state index in [4.69, 9.17) is 10.3 Å². The van der Waals surface area contributed by atoms with E-state index in [1.54, 1.807) is 41.9 Å². The van der Waals surface area contributed by atoms with E-state index >= 15 is 0 Å². The van der Waals surface area contributed by atoms with Crippen LogP contribution in [0.15, 0.2) is 91.1 Å². The van der Waals surface area contributed by atoms with E-state index in [0.717, 1.165) is 40.9 Å². The van der Waals surface area contributed by atoms with Gasteiger partial charge in [0.1, 0.15) is 0 Å². The molecule has 8 heteroatoms. The van der Waals surface area contributed by atoms with E-state index in [-0.39, 0.29) is 18.1 Å². The molecule has 0 unspecified atom stereocenters. The van der Waals surface area contributed by atoms with Crippen LogP contribution in [-0.4, -0.2) is 32.6 Å². The maximum atomic E-state index is 13.0. The van der Waals surface area contributed by atoms with Crippen molar-refractivity contribution in [3.63, 3.8) is 0 Å². The fourth-order valence-electron chi connectivity index (χ4n) is 4.34. The lowest BCUT2D eigenvalue weighted by molar-refractivity contribution is -0.129.